The van der Waals surface area contributed by atoms with E-state index in [1.54, 1.807) is 13.0 Å². The first kappa shape index (κ1) is 20.3. The van der Waals surface area contributed by atoms with Gasteiger partial charge in [-0.25, -0.2) is 4.39 Å². The summed E-state index contributed by atoms with van der Waals surface area (Å²) in [6.45, 7) is 6.92. The van der Waals surface area contributed by atoms with E-state index in [-0.39, 0.29) is 11.9 Å². The summed E-state index contributed by atoms with van der Waals surface area (Å²) in [5.74, 6) is -0.136. The van der Waals surface area contributed by atoms with E-state index in [9.17, 15) is 9.18 Å². The number of allylic oxidation sites excluding steroid dienone is 1. The molecule has 1 saturated carbocycles. The minimum atomic E-state index is -0.443. The van der Waals surface area contributed by atoms with Gasteiger partial charge in [-0.2, -0.15) is 0 Å². The number of anilines is 1. The Balaban J connectivity index is 1.88. The summed E-state index contributed by atoms with van der Waals surface area (Å²) in [4.78, 5) is 15.1. The highest BCUT2D eigenvalue weighted by Crippen LogP contribution is 2.30. The summed E-state index contributed by atoms with van der Waals surface area (Å²) in [5, 5.41) is 13.9. The summed E-state index contributed by atoms with van der Waals surface area (Å²) in [7, 11) is 0. The Kier molecular flexibility index (Phi) is 6.67. The van der Waals surface area contributed by atoms with Gasteiger partial charge in [-0.3, -0.25) is 4.79 Å². The topological polar surface area (TPSA) is 77.5 Å². The number of amides is 1. The number of piperazine rings is 1. The lowest BCUT2D eigenvalue weighted by molar-refractivity contribution is -0.117. The second kappa shape index (κ2) is 9.19. The van der Waals surface area contributed by atoms with Gasteiger partial charge in [0.1, 0.15) is 11.5 Å². The van der Waals surface area contributed by atoms with Crippen molar-refractivity contribution in [3.05, 3.63) is 41.0 Å². The molecule has 6 nitrogen and oxygen atoms in total. The van der Waals surface area contributed by atoms with Crippen LogP contribution in [0.15, 0.2) is 29.7 Å². The van der Waals surface area contributed by atoms with Gasteiger partial charge in [-0.1, -0.05) is 6.92 Å². The fourth-order valence-electron chi connectivity index (χ4n) is 3.86. The van der Waals surface area contributed by atoms with Gasteiger partial charge in [0.25, 0.3) is 5.91 Å². The average molecular weight is 388 g/mol. The zero-order chi connectivity index (χ0) is 20.1. The number of ether oxygens (including phenoxy) is 1. The summed E-state index contributed by atoms with van der Waals surface area (Å²) < 4.78 is 19.9. The van der Waals surface area contributed by atoms with Crippen molar-refractivity contribution in [2.45, 2.75) is 39.2 Å². The van der Waals surface area contributed by atoms with Gasteiger partial charge >= 0.3 is 0 Å². The zero-order valence-corrected chi connectivity index (χ0v) is 16.6. The number of hydrogen-bond donors (Lipinski definition) is 3. The van der Waals surface area contributed by atoms with Crippen molar-refractivity contribution in [3.63, 3.8) is 0 Å². The molecule has 2 fully saturated rings. The summed E-state index contributed by atoms with van der Waals surface area (Å²) in [6, 6.07) is 4.41. The van der Waals surface area contributed by atoms with Gasteiger partial charge in [-0.05, 0) is 55.9 Å². The number of aryl methyl sites for hydroxylation is 1. The molecule has 3 rings (SSSR count). The van der Waals surface area contributed by atoms with Gasteiger partial charge in [0, 0.05) is 38.1 Å². The SMILES string of the molecule is Cc1cc(F)cc(NC(=O)/C(OC2CCC(C)C2)=C(\C=N)N2CCNCC2)c1. The van der Waals surface area contributed by atoms with Crippen molar-refractivity contribution >= 4 is 17.8 Å². The number of nitrogens with zero attached hydrogens (tertiary/aromatic N) is 1. The maximum atomic E-state index is 13.7. The van der Waals surface area contributed by atoms with Crippen LogP contribution >= 0.6 is 0 Å². The molecule has 1 heterocycles. The van der Waals surface area contributed by atoms with Gasteiger partial charge in [0.2, 0.25) is 5.76 Å². The molecular weight excluding hydrogens is 359 g/mol. The summed E-state index contributed by atoms with van der Waals surface area (Å²) in [6.07, 6.45) is 4.00. The van der Waals surface area contributed by atoms with Crippen LogP contribution in [0.1, 0.15) is 31.7 Å². The molecule has 3 N–H and O–H groups in total. The van der Waals surface area contributed by atoms with E-state index in [1.807, 2.05) is 4.90 Å². The predicted octanol–water partition coefficient (Wildman–Crippen LogP) is 3.04. The van der Waals surface area contributed by atoms with E-state index in [2.05, 4.69) is 17.6 Å². The Bertz CT molecular complexity index is 739. The maximum absolute atomic E-state index is 13.7. The van der Waals surface area contributed by atoms with Gasteiger partial charge in [0.15, 0.2) is 0 Å². The van der Waals surface area contributed by atoms with Crippen molar-refractivity contribution in [1.82, 2.24) is 10.2 Å². The molecule has 2 unspecified atom stereocenters. The van der Waals surface area contributed by atoms with E-state index in [1.165, 1.54) is 18.3 Å². The molecule has 0 bridgehead atoms. The minimum Gasteiger partial charge on any atom is -0.483 e. The number of benzene rings is 1. The first-order valence-corrected chi connectivity index (χ1v) is 9.92. The first-order valence-electron chi connectivity index (χ1n) is 9.92. The van der Waals surface area contributed by atoms with Crippen LogP contribution in [0.2, 0.25) is 0 Å². The van der Waals surface area contributed by atoms with Crippen LogP contribution in [-0.2, 0) is 9.53 Å². The lowest BCUT2D eigenvalue weighted by Crippen LogP contribution is -2.44. The average Bonchev–Trinajstić information content (AvgIpc) is 3.06. The largest absolute Gasteiger partial charge is 0.483 e. The third-order valence-corrected chi connectivity index (χ3v) is 5.26. The molecular formula is C21H29FN4O2. The highest BCUT2D eigenvalue weighted by Gasteiger charge is 2.29. The molecule has 2 aliphatic rings. The molecule has 1 aromatic rings. The normalized spacial score (nSPS) is 23.2. The molecule has 0 aromatic heterocycles. The van der Waals surface area contributed by atoms with Crippen LogP contribution in [0.3, 0.4) is 0 Å². The molecule has 1 aliphatic carbocycles. The highest BCUT2D eigenvalue weighted by molar-refractivity contribution is 6.05. The predicted molar refractivity (Wildman–Crippen MR) is 108 cm³/mol. The Morgan fingerprint density at radius 2 is 2.07 bits per heavy atom. The minimum absolute atomic E-state index is 0.0390. The molecule has 1 aliphatic heterocycles. The standard InChI is InChI=1S/C21H29FN4O2/c1-14-3-4-18(11-14)28-20(19(13-23)26-7-5-24-6-8-26)21(27)25-17-10-15(2)9-16(22)12-17/h9-10,12-14,18,23-24H,3-8,11H2,1-2H3,(H,25,27)/b20-19-,23-13?. The first-order chi connectivity index (χ1) is 13.5. The van der Waals surface area contributed by atoms with Crippen LogP contribution < -0.4 is 10.6 Å². The highest BCUT2D eigenvalue weighted by atomic mass is 19.1. The zero-order valence-electron chi connectivity index (χ0n) is 16.6. The van der Waals surface area contributed by atoms with Crippen molar-refractivity contribution in [1.29, 1.82) is 5.41 Å². The molecule has 1 aromatic carbocycles. The second-order valence-corrected chi connectivity index (χ2v) is 7.73. The number of hydrogen-bond acceptors (Lipinski definition) is 5. The van der Waals surface area contributed by atoms with Gasteiger partial charge < -0.3 is 25.7 Å². The Morgan fingerprint density at radius 3 is 2.68 bits per heavy atom. The van der Waals surface area contributed by atoms with Crippen LogP contribution in [0.5, 0.6) is 0 Å². The van der Waals surface area contributed by atoms with Crippen LogP contribution in [0.25, 0.3) is 0 Å². The number of carbonyl (C=O) groups is 1. The van der Waals surface area contributed by atoms with Crippen molar-refractivity contribution in [2.75, 3.05) is 31.5 Å². The quantitative estimate of drug-likeness (QED) is 0.398. The van der Waals surface area contributed by atoms with Gasteiger partial charge in [-0.15, -0.1) is 0 Å². The monoisotopic (exact) mass is 388 g/mol. The van der Waals surface area contributed by atoms with Crippen molar-refractivity contribution in [2.24, 2.45) is 5.92 Å². The lowest BCUT2D eigenvalue weighted by atomic mass is 10.1. The van der Waals surface area contributed by atoms with E-state index >= 15 is 0 Å². The lowest BCUT2D eigenvalue weighted by Gasteiger charge is -2.31. The second-order valence-electron chi connectivity index (χ2n) is 7.73. The number of carbonyl (C=O) groups excluding carboxylic acids is 1. The van der Waals surface area contributed by atoms with E-state index in [0.29, 0.717) is 30.4 Å². The molecule has 7 heteroatoms. The third kappa shape index (κ3) is 5.10. The van der Waals surface area contributed by atoms with Crippen LogP contribution in [0, 0.1) is 24.1 Å². The van der Waals surface area contributed by atoms with Crippen molar-refractivity contribution in [3.8, 4) is 0 Å². The number of rotatable bonds is 6. The summed E-state index contributed by atoms with van der Waals surface area (Å²) >= 11 is 0. The van der Waals surface area contributed by atoms with E-state index in [0.717, 1.165) is 37.9 Å². The third-order valence-electron chi connectivity index (χ3n) is 5.26. The number of halogens is 1. The molecule has 152 valence electrons. The molecule has 0 spiro atoms. The Hall–Kier alpha value is -2.41. The van der Waals surface area contributed by atoms with E-state index < -0.39 is 11.7 Å². The number of nitrogens with one attached hydrogen (secondary N) is 3. The Labute approximate surface area is 165 Å². The molecule has 28 heavy (non-hydrogen) atoms. The fourth-order valence-corrected chi connectivity index (χ4v) is 3.86. The van der Waals surface area contributed by atoms with E-state index in [4.69, 9.17) is 10.1 Å². The fraction of sp³-hybridized carbons (Fsp3) is 0.524. The van der Waals surface area contributed by atoms with Crippen molar-refractivity contribution < 1.29 is 13.9 Å². The molecule has 1 saturated heterocycles. The summed E-state index contributed by atoms with van der Waals surface area (Å²) in [5.41, 5.74) is 1.58. The smallest absolute Gasteiger partial charge is 0.293 e. The van der Waals surface area contributed by atoms with Crippen LogP contribution in [-0.4, -0.2) is 49.3 Å². The van der Waals surface area contributed by atoms with Crippen LogP contribution in [0.4, 0.5) is 10.1 Å². The maximum Gasteiger partial charge on any atom is 0.293 e. The van der Waals surface area contributed by atoms with Gasteiger partial charge in [0.05, 0.1) is 6.10 Å². The molecule has 1 amide bonds. The Morgan fingerprint density at radius 1 is 1.32 bits per heavy atom. The molecule has 2 atom stereocenters. The molecule has 0 radical (unpaired) electrons.